The zero-order valence-electron chi connectivity index (χ0n) is 11.1. The summed E-state index contributed by atoms with van der Waals surface area (Å²) in [5.41, 5.74) is 1.53. The average molecular weight is 271 g/mol. The van der Waals surface area contributed by atoms with Crippen LogP contribution in [0.2, 0.25) is 0 Å². The third-order valence-electron chi connectivity index (χ3n) is 3.85. The Morgan fingerprint density at radius 3 is 2.65 bits per heavy atom. The number of nitrogens with zero attached hydrogens (tertiary/aromatic N) is 2. The molecule has 1 aliphatic rings. The largest absolute Gasteiger partial charge is 0.396 e. The van der Waals surface area contributed by atoms with Gasteiger partial charge >= 0.3 is 0 Å². The number of benzene rings is 1. The molecular formula is C15H17N3O2. The quantitative estimate of drug-likeness (QED) is 0.863. The van der Waals surface area contributed by atoms with Gasteiger partial charge in [0.25, 0.3) is 5.91 Å². The molecule has 2 aromatic rings. The van der Waals surface area contributed by atoms with Gasteiger partial charge in [-0.15, -0.1) is 0 Å². The standard InChI is InChI=1S/C15H17N3O2/c19-10-15(5-6-15)9-17-14(20)12-1-3-13(4-2-12)18-8-7-16-11-18/h1-4,7-8,11,19H,5-6,9-10H2,(H,17,20). The highest BCUT2D eigenvalue weighted by Crippen LogP contribution is 2.44. The summed E-state index contributed by atoms with van der Waals surface area (Å²) < 4.78 is 1.88. The first-order valence-corrected chi connectivity index (χ1v) is 6.70. The molecule has 1 saturated carbocycles. The number of hydrogen-bond donors (Lipinski definition) is 2. The van der Waals surface area contributed by atoms with Gasteiger partial charge < -0.3 is 15.0 Å². The first kappa shape index (κ1) is 12.9. The summed E-state index contributed by atoms with van der Waals surface area (Å²) in [5, 5.41) is 12.1. The van der Waals surface area contributed by atoms with Gasteiger partial charge in [-0.3, -0.25) is 4.79 Å². The third-order valence-corrected chi connectivity index (χ3v) is 3.85. The van der Waals surface area contributed by atoms with E-state index in [-0.39, 0.29) is 17.9 Å². The maximum Gasteiger partial charge on any atom is 0.251 e. The SMILES string of the molecule is O=C(NCC1(CO)CC1)c1ccc(-n2ccnc2)cc1. The van der Waals surface area contributed by atoms with Crippen LogP contribution in [0, 0.1) is 5.41 Å². The molecule has 0 atom stereocenters. The van der Waals surface area contributed by atoms with Crippen molar-refractivity contribution in [3.63, 3.8) is 0 Å². The van der Waals surface area contributed by atoms with E-state index in [2.05, 4.69) is 10.3 Å². The van der Waals surface area contributed by atoms with Crippen LogP contribution in [0.5, 0.6) is 0 Å². The van der Waals surface area contributed by atoms with Gasteiger partial charge in [0.1, 0.15) is 0 Å². The molecule has 1 heterocycles. The Balaban J connectivity index is 1.64. The van der Waals surface area contributed by atoms with E-state index >= 15 is 0 Å². The van der Waals surface area contributed by atoms with E-state index in [1.807, 2.05) is 22.9 Å². The van der Waals surface area contributed by atoms with E-state index in [0.29, 0.717) is 12.1 Å². The number of aliphatic hydroxyl groups is 1. The van der Waals surface area contributed by atoms with Crippen molar-refractivity contribution >= 4 is 5.91 Å². The van der Waals surface area contributed by atoms with E-state index in [9.17, 15) is 9.90 Å². The number of amides is 1. The van der Waals surface area contributed by atoms with Gasteiger partial charge in [-0.25, -0.2) is 4.98 Å². The molecule has 1 amide bonds. The van der Waals surface area contributed by atoms with Crippen LogP contribution in [0.15, 0.2) is 43.0 Å². The summed E-state index contributed by atoms with van der Waals surface area (Å²) in [6.45, 7) is 0.693. The predicted octanol–water partition coefficient (Wildman–Crippen LogP) is 1.37. The zero-order valence-corrected chi connectivity index (χ0v) is 11.1. The fourth-order valence-corrected chi connectivity index (χ4v) is 2.13. The molecule has 20 heavy (non-hydrogen) atoms. The number of hydrogen-bond acceptors (Lipinski definition) is 3. The van der Waals surface area contributed by atoms with Crippen molar-refractivity contribution < 1.29 is 9.90 Å². The van der Waals surface area contributed by atoms with Crippen molar-refractivity contribution in [3.05, 3.63) is 48.5 Å². The lowest BCUT2D eigenvalue weighted by molar-refractivity contribution is 0.0935. The molecule has 1 aromatic heterocycles. The van der Waals surface area contributed by atoms with E-state index in [1.165, 1.54) is 0 Å². The van der Waals surface area contributed by atoms with Crippen LogP contribution in [-0.2, 0) is 0 Å². The van der Waals surface area contributed by atoms with Gasteiger partial charge in [-0.05, 0) is 37.1 Å². The number of aliphatic hydroxyl groups excluding tert-OH is 1. The molecule has 1 aliphatic carbocycles. The highest BCUT2D eigenvalue weighted by Gasteiger charge is 2.42. The molecule has 5 heteroatoms. The van der Waals surface area contributed by atoms with Crippen molar-refractivity contribution in [2.45, 2.75) is 12.8 Å². The second-order valence-electron chi connectivity index (χ2n) is 5.36. The first-order valence-electron chi connectivity index (χ1n) is 6.70. The van der Waals surface area contributed by atoms with Crippen molar-refractivity contribution in [3.8, 4) is 5.69 Å². The van der Waals surface area contributed by atoms with Crippen molar-refractivity contribution in [1.82, 2.24) is 14.9 Å². The molecule has 0 radical (unpaired) electrons. The van der Waals surface area contributed by atoms with Gasteiger partial charge in [0.15, 0.2) is 0 Å². The highest BCUT2D eigenvalue weighted by atomic mass is 16.3. The van der Waals surface area contributed by atoms with Gasteiger partial charge in [0, 0.05) is 35.6 Å². The van der Waals surface area contributed by atoms with Crippen LogP contribution in [0.25, 0.3) is 5.69 Å². The Labute approximate surface area is 117 Å². The summed E-state index contributed by atoms with van der Waals surface area (Å²) in [4.78, 5) is 16.0. The number of imidazole rings is 1. The van der Waals surface area contributed by atoms with Crippen LogP contribution < -0.4 is 5.32 Å². The van der Waals surface area contributed by atoms with Gasteiger partial charge in [0.2, 0.25) is 0 Å². The van der Waals surface area contributed by atoms with Crippen molar-refractivity contribution in [2.24, 2.45) is 5.41 Å². The van der Waals surface area contributed by atoms with Crippen LogP contribution in [0.3, 0.4) is 0 Å². The van der Waals surface area contributed by atoms with E-state index in [4.69, 9.17) is 0 Å². The van der Waals surface area contributed by atoms with E-state index < -0.39 is 0 Å². The third kappa shape index (κ3) is 2.58. The number of aromatic nitrogens is 2. The molecule has 104 valence electrons. The fraction of sp³-hybridized carbons (Fsp3) is 0.333. The number of nitrogens with one attached hydrogen (secondary N) is 1. The number of carbonyl (C=O) groups excluding carboxylic acids is 1. The van der Waals surface area contributed by atoms with E-state index in [1.54, 1.807) is 24.7 Å². The van der Waals surface area contributed by atoms with Crippen LogP contribution in [0.1, 0.15) is 23.2 Å². The summed E-state index contributed by atoms with van der Waals surface area (Å²) in [6, 6.07) is 7.36. The topological polar surface area (TPSA) is 67.2 Å². The fourth-order valence-electron chi connectivity index (χ4n) is 2.13. The molecule has 3 rings (SSSR count). The summed E-state index contributed by atoms with van der Waals surface area (Å²) in [7, 11) is 0. The summed E-state index contributed by atoms with van der Waals surface area (Å²) in [6.07, 6.45) is 7.26. The van der Waals surface area contributed by atoms with Crippen LogP contribution in [0.4, 0.5) is 0 Å². The number of rotatable bonds is 5. The molecule has 2 N–H and O–H groups in total. The lowest BCUT2D eigenvalue weighted by Crippen LogP contribution is -2.31. The molecule has 0 bridgehead atoms. The summed E-state index contributed by atoms with van der Waals surface area (Å²) >= 11 is 0. The predicted molar refractivity (Wildman–Crippen MR) is 74.7 cm³/mol. The molecule has 1 aromatic carbocycles. The molecule has 5 nitrogen and oxygen atoms in total. The Bertz CT molecular complexity index is 586. The van der Waals surface area contributed by atoms with Crippen LogP contribution >= 0.6 is 0 Å². The smallest absolute Gasteiger partial charge is 0.251 e. The normalized spacial score (nSPS) is 15.8. The highest BCUT2D eigenvalue weighted by molar-refractivity contribution is 5.94. The zero-order chi connectivity index (χ0) is 14.0. The lowest BCUT2D eigenvalue weighted by atomic mass is 10.1. The van der Waals surface area contributed by atoms with Crippen molar-refractivity contribution in [2.75, 3.05) is 13.2 Å². The molecular weight excluding hydrogens is 254 g/mol. The molecule has 0 spiro atoms. The minimum atomic E-state index is -0.0955. The Kier molecular flexibility index (Phi) is 3.28. The Morgan fingerprint density at radius 1 is 1.35 bits per heavy atom. The van der Waals surface area contributed by atoms with Gasteiger partial charge in [-0.2, -0.15) is 0 Å². The average Bonchev–Trinajstić information content (AvgIpc) is 3.07. The summed E-state index contributed by atoms with van der Waals surface area (Å²) in [5.74, 6) is -0.0955. The Morgan fingerprint density at radius 2 is 2.10 bits per heavy atom. The second kappa shape index (κ2) is 5.09. The van der Waals surface area contributed by atoms with Crippen LogP contribution in [-0.4, -0.2) is 33.7 Å². The second-order valence-corrected chi connectivity index (χ2v) is 5.36. The number of carbonyl (C=O) groups is 1. The minimum Gasteiger partial charge on any atom is -0.396 e. The lowest BCUT2D eigenvalue weighted by Gasteiger charge is -2.12. The molecule has 0 saturated heterocycles. The minimum absolute atomic E-state index is 0.0631. The molecule has 0 unspecified atom stereocenters. The first-order chi connectivity index (χ1) is 9.72. The maximum absolute atomic E-state index is 12.0. The van der Waals surface area contributed by atoms with Crippen molar-refractivity contribution in [1.29, 1.82) is 0 Å². The molecule has 0 aliphatic heterocycles. The van der Waals surface area contributed by atoms with Gasteiger partial charge in [0.05, 0.1) is 12.9 Å². The Hall–Kier alpha value is -2.14. The van der Waals surface area contributed by atoms with Gasteiger partial charge in [-0.1, -0.05) is 0 Å². The monoisotopic (exact) mass is 271 g/mol. The maximum atomic E-state index is 12.0. The molecule has 1 fully saturated rings. The van der Waals surface area contributed by atoms with E-state index in [0.717, 1.165) is 18.5 Å².